The van der Waals surface area contributed by atoms with E-state index in [0.717, 1.165) is 73.8 Å². The normalized spacial score (nSPS) is 48.7. The molecule has 18 nitrogen and oxygen atoms in total. The highest BCUT2D eigenvalue weighted by Gasteiger charge is 2.69. The van der Waals surface area contributed by atoms with Gasteiger partial charge in [0.05, 0.1) is 31.0 Å². The zero-order valence-corrected chi connectivity index (χ0v) is 45.8. The lowest BCUT2D eigenvalue weighted by Gasteiger charge is -2.59. The Labute approximate surface area is 457 Å². The van der Waals surface area contributed by atoms with Crippen LogP contribution < -0.4 is 5.32 Å². The first-order chi connectivity index (χ1) is 37.3. The largest absolute Gasteiger partial charge is 0.449 e. The molecule has 5 aliphatic carbocycles. The van der Waals surface area contributed by atoms with Crippen LogP contribution in [0.3, 0.4) is 0 Å². The van der Waals surface area contributed by atoms with Crippen molar-refractivity contribution < 1.29 is 83.2 Å². The maximum atomic E-state index is 13.8. The standard InChI is InChI=1S/C60H83NO17/c1-28-17-22-60(71-26-28)29(2)44-42(78-60)24-41-38-16-15-32-23-33(18-20-58(32,5)40(38)19-21-59(41,44)6)74-56-53(77-55-50(67)48(65)46(63)31(4)73-55)51(68)52(76-54-49(66)47(64)45(62)30(3)72-54)43(75-56)25-61-57(69)70-27-39-36-13-9-7-11-34(36)35-12-8-10-14-37(35)39/h7-15,28-31,33,38-56,62-68H,16-27H2,1-6H3,(H,61,69)/t28-,29+,30-,31-,33+,38-,40+,41+,42+,43-,44+,45-,46-,47+,48+,49+,50+,51+,52-,53-,54-,55-,56-,58+,59+,60-/m1/s1. The molecule has 1 spiro atoms. The van der Waals surface area contributed by atoms with Crippen molar-refractivity contribution in [2.45, 2.75) is 215 Å². The van der Waals surface area contributed by atoms with Gasteiger partial charge in [-0.05, 0) is 128 Å². The monoisotopic (exact) mass is 1090 g/mol. The summed E-state index contributed by atoms with van der Waals surface area (Å²) in [7, 11) is 0. The summed E-state index contributed by atoms with van der Waals surface area (Å²) >= 11 is 0. The Morgan fingerprint density at radius 2 is 1.33 bits per heavy atom. The van der Waals surface area contributed by atoms with E-state index in [9.17, 15) is 40.5 Å². The Morgan fingerprint density at radius 3 is 1.97 bits per heavy atom. The van der Waals surface area contributed by atoms with Crippen molar-refractivity contribution in [3.05, 3.63) is 71.3 Å². The van der Waals surface area contributed by atoms with E-state index in [1.165, 1.54) is 19.4 Å². The lowest BCUT2D eigenvalue weighted by atomic mass is 9.47. The van der Waals surface area contributed by atoms with Gasteiger partial charge >= 0.3 is 6.09 Å². The maximum absolute atomic E-state index is 13.8. The molecule has 18 heteroatoms. The van der Waals surface area contributed by atoms with Crippen LogP contribution in [0.25, 0.3) is 11.1 Å². The molecule has 0 radical (unpaired) electrons. The molecule has 1 amide bonds. The molecule has 12 rings (SSSR count). The van der Waals surface area contributed by atoms with Gasteiger partial charge in [-0.25, -0.2) is 4.79 Å². The number of ether oxygens (including phenoxy) is 9. The fraction of sp³-hybridized carbons (Fsp3) is 0.750. The number of fused-ring (bicyclic) bond motifs is 10. The second kappa shape index (κ2) is 21.2. The smallest absolute Gasteiger partial charge is 0.407 e. The average Bonchev–Trinajstić information content (AvgIpc) is 4.00. The molecule has 0 aromatic heterocycles. The molecule has 0 unspecified atom stereocenters. The van der Waals surface area contributed by atoms with Gasteiger partial charge in [0.1, 0.15) is 67.6 Å². The van der Waals surface area contributed by atoms with Gasteiger partial charge in [-0.3, -0.25) is 0 Å². The van der Waals surface area contributed by atoms with Crippen LogP contribution in [0.1, 0.15) is 116 Å². The van der Waals surface area contributed by atoms with Crippen molar-refractivity contribution in [2.24, 2.45) is 46.3 Å². The molecular formula is C60H83NO17. The highest BCUT2D eigenvalue weighted by atomic mass is 16.8. The molecule has 2 aromatic carbocycles. The van der Waals surface area contributed by atoms with Crippen molar-refractivity contribution in [3.8, 4) is 11.1 Å². The van der Waals surface area contributed by atoms with Crippen LogP contribution in [-0.2, 0) is 42.6 Å². The minimum absolute atomic E-state index is 0.0284. The Hall–Kier alpha value is -3.15. The molecule has 5 aliphatic heterocycles. The summed E-state index contributed by atoms with van der Waals surface area (Å²) in [5, 5.41) is 80.7. The second-order valence-electron chi connectivity index (χ2n) is 25.6. The second-order valence-corrected chi connectivity index (χ2v) is 25.6. The van der Waals surface area contributed by atoms with Crippen LogP contribution in [0.15, 0.2) is 60.2 Å². The number of aliphatic hydroxyl groups is 7. The predicted molar refractivity (Wildman–Crippen MR) is 279 cm³/mol. The molecule has 8 N–H and O–H groups in total. The van der Waals surface area contributed by atoms with E-state index in [-0.39, 0.29) is 36.0 Å². The molecule has 10 aliphatic rings. The third-order valence-electron chi connectivity index (χ3n) is 21.3. The van der Waals surface area contributed by atoms with E-state index in [0.29, 0.717) is 48.3 Å². The number of rotatable bonds is 10. The van der Waals surface area contributed by atoms with E-state index >= 15 is 0 Å². The number of aliphatic hydroxyl groups excluding tert-OH is 7. The van der Waals surface area contributed by atoms with Crippen LogP contribution in [0, 0.1) is 46.3 Å². The topological polar surface area (TPSA) is 254 Å². The number of benzene rings is 2. The van der Waals surface area contributed by atoms with E-state index in [2.05, 4.69) is 39.1 Å². The predicted octanol–water partition coefficient (Wildman–Crippen LogP) is 4.79. The van der Waals surface area contributed by atoms with Gasteiger partial charge < -0.3 is 83.7 Å². The zero-order valence-electron chi connectivity index (χ0n) is 45.8. The molecule has 5 heterocycles. The van der Waals surface area contributed by atoms with Crippen molar-refractivity contribution in [3.63, 3.8) is 0 Å². The molecule has 2 aromatic rings. The van der Waals surface area contributed by atoms with Gasteiger partial charge in [0, 0.05) is 24.8 Å². The zero-order chi connectivity index (χ0) is 54.7. The lowest BCUT2D eigenvalue weighted by molar-refractivity contribution is -0.386. The SMILES string of the molecule is C[C@@H]1CC[C@@]2(OC1)O[C@H]1C[C@H]3[C@@H]4CC=C5C[C@@H](O[C@@H]6O[C@H](CNC(=O)OCC7c8ccccc8-c8ccccc87)[C@@H](O[C@H]7O[C@H](C)[C@@H](O)[C@H](O)[C@@H]7O)[C@H](O)[C@H]6O[C@H]6O[C@H](C)[C@@H](O)[C@H](O)[C@@H]6O)CC[C@]5(C)[C@H]4CC[C@]3(C)[C@H]1[C@@H]2C. The highest BCUT2D eigenvalue weighted by Crippen LogP contribution is 2.71. The van der Waals surface area contributed by atoms with Crippen LogP contribution in [0.2, 0.25) is 0 Å². The number of allylic oxidation sites excluding steroid dienone is 1. The van der Waals surface area contributed by atoms with Crippen molar-refractivity contribution >= 4 is 6.09 Å². The molecule has 78 heavy (non-hydrogen) atoms. The summed E-state index contributed by atoms with van der Waals surface area (Å²) in [6.07, 6.45) is -12.4. The molecule has 5 saturated heterocycles. The minimum Gasteiger partial charge on any atom is -0.449 e. The van der Waals surface area contributed by atoms with Gasteiger partial charge in [-0.1, -0.05) is 87.9 Å². The van der Waals surface area contributed by atoms with E-state index in [1.807, 2.05) is 48.5 Å². The molecule has 8 fully saturated rings. The number of hydrogen-bond acceptors (Lipinski definition) is 17. The van der Waals surface area contributed by atoms with Gasteiger partial charge in [0.15, 0.2) is 24.7 Å². The molecular weight excluding hydrogens is 1010 g/mol. The summed E-state index contributed by atoms with van der Waals surface area (Å²) in [5.41, 5.74) is 5.63. The van der Waals surface area contributed by atoms with Gasteiger partial charge in [0.25, 0.3) is 0 Å². The summed E-state index contributed by atoms with van der Waals surface area (Å²) in [4.78, 5) is 13.8. The fourth-order valence-corrected chi connectivity index (χ4v) is 16.8. The summed E-state index contributed by atoms with van der Waals surface area (Å²) in [5.74, 6) is 2.21. The number of carbonyl (C=O) groups is 1. The van der Waals surface area contributed by atoms with Gasteiger partial charge in [-0.2, -0.15) is 0 Å². The van der Waals surface area contributed by atoms with E-state index in [4.69, 9.17) is 42.6 Å². The Balaban J connectivity index is 0.787. The third kappa shape index (κ3) is 9.32. The van der Waals surface area contributed by atoms with Crippen molar-refractivity contribution in [1.82, 2.24) is 5.32 Å². The van der Waals surface area contributed by atoms with Gasteiger partial charge in [-0.15, -0.1) is 0 Å². The molecule has 0 bridgehead atoms. The van der Waals surface area contributed by atoms with Crippen LogP contribution in [0.5, 0.6) is 0 Å². The van der Waals surface area contributed by atoms with Crippen LogP contribution >= 0.6 is 0 Å². The first-order valence-corrected chi connectivity index (χ1v) is 29.1. The van der Waals surface area contributed by atoms with E-state index in [1.54, 1.807) is 0 Å². The number of carbonyl (C=O) groups excluding carboxylic acids is 1. The number of alkyl carbamates (subject to hydrolysis) is 1. The van der Waals surface area contributed by atoms with Crippen LogP contribution in [0.4, 0.5) is 4.79 Å². The van der Waals surface area contributed by atoms with Gasteiger partial charge in [0.2, 0.25) is 0 Å². The Morgan fingerprint density at radius 1 is 0.692 bits per heavy atom. The minimum atomic E-state index is -1.77. The lowest BCUT2D eigenvalue weighted by Crippen LogP contribution is -2.67. The number of nitrogens with one attached hydrogen (secondary N) is 1. The Bertz CT molecular complexity index is 2480. The maximum Gasteiger partial charge on any atom is 0.407 e. The van der Waals surface area contributed by atoms with Crippen molar-refractivity contribution in [2.75, 3.05) is 19.8 Å². The third-order valence-corrected chi connectivity index (χ3v) is 21.3. The molecule has 26 atom stereocenters. The first-order valence-electron chi connectivity index (χ1n) is 29.1. The van der Waals surface area contributed by atoms with E-state index < -0.39 is 110 Å². The van der Waals surface area contributed by atoms with Crippen molar-refractivity contribution in [1.29, 1.82) is 0 Å². The van der Waals surface area contributed by atoms with Crippen LogP contribution in [-0.4, -0.2) is 172 Å². The fourth-order valence-electron chi connectivity index (χ4n) is 16.8. The quantitative estimate of drug-likeness (QED) is 0.149. The number of amides is 1. The average molecular weight is 1090 g/mol. The summed E-state index contributed by atoms with van der Waals surface area (Å²) in [6, 6.07) is 16.0. The first kappa shape index (κ1) is 55.4. The highest BCUT2D eigenvalue weighted by molar-refractivity contribution is 5.79. The number of hydrogen-bond donors (Lipinski definition) is 8. The summed E-state index contributed by atoms with van der Waals surface area (Å²) < 4.78 is 57.7. The molecule has 430 valence electrons. The Kier molecular flexibility index (Phi) is 15.1. The molecule has 3 saturated carbocycles. The summed E-state index contributed by atoms with van der Waals surface area (Å²) in [6.45, 7) is 13.1.